The number of aromatic nitrogens is 1. The highest BCUT2D eigenvalue weighted by molar-refractivity contribution is 5.98. The first kappa shape index (κ1) is 19.6. The fourth-order valence-electron chi connectivity index (χ4n) is 3.82. The third-order valence-corrected chi connectivity index (χ3v) is 5.29. The van der Waals surface area contributed by atoms with Crippen molar-refractivity contribution >= 4 is 5.78 Å². The summed E-state index contributed by atoms with van der Waals surface area (Å²) >= 11 is 0. The molecule has 27 heavy (non-hydrogen) atoms. The lowest BCUT2D eigenvalue weighted by Gasteiger charge is -2.35. The molecular weight excluding hydrogens is 336 g/mol. The second-order valence-electron chi connectivity index (χ2n) is 7.16. The van der Waals surface area contributed by atoms with Gasteiger partial charge in [0.25, 0.3) is 0 Å². The van der Waals surface area contributed by atoms with Gasteiger partial charge in [0.15, 0.2) is 5.78 Å². The van der Waals surface area contributed by atoms with Crippen LogP contribution in [0.2, 0.25) is 0 Å². The van der Waals surface area contributed by atoms with Crippen molar-refractivity contribution in [3.8, 4) is 5.75 Å². The van der Waals surface area contributed by atoms with Gasteiger partial charge in [0.2, 0.25) is 0 Å². The van der Waals surface area contributed by atoms with E-state index in [4.69, 9.17) is 4.74 Å². The molecule has 0 amide bonds. The van der Waals surface area contributed by atoms with Gasteiger partial charge in [-0.2, -0.15) is 0 Å². The van der Waals surface area contributed by atoms with E-state index in [0.29, 0.717) is 24.6 Å². The first-order valence-electron chi connectivity index (χ1n) is 10.2. The Morgan fingerprint density at radius 1 is 1.19 bits per heavy atom. The summed E-state index contributed by atoms with van der Waals surface area (Å²) in [5.41, 5.74) is 2.04. The Kier molecular flexibility index (Phi) is 7.40. The Hall–Kier alpha value is -2.20. The highest BCUT2D eigenvalue weighted by atomic mass is 16.5. The van der Waals surface area contributed by atoms with E-state index in [-0.39, 0.29) is 5.78 Å². The maximum absolute atomic E-state index is 12.0. The molecule has 0 unspecified atom stereocenters. The highest BCUT2D eigenvalue weighted by Gasteiger charge is 2.23. The largest absolute Gasteiger partial charge is 0.493 e. The molecule has 1 aliphatic rings. The molecule has 0 saturated carbocycles. The number of rotatable bonds is 9. The number of hydrogen-bond donors (Lipinski definition) is 0. The molecule has 4 nitrogen and oxygen atoms in total. The lowest BCUT2D eigenvalue weighted by molar-refractivity contribution is 0.0984. The Morgan fingerprint density at radius 2 is 2.07 bits per heavy atom. The lowest BCUT2D eigenvalue weighted by Crippen LogP contribution is -2.34. The lowest BCUT2D eigenvalue weighted by atomic mass is 9.96. The molecule has 0 N–H and O–H groups in total. The van der Waals surface area contributed by atoms with Gasteiger partial charge in [-0.25, -0.2) is 0 Å². The van der Waals surface area contributed by atoms with Gasteiger partial charge in [0, 0.05) is 24.9 Å². The van der Waals surface area contributed by atoms with E-state index in [9.17, 15) is 4.79 Å². The topological polar surface area (TPSA) is 42.4 Å². The third kappa shape index (κ3) is 5.39. The van der Waals surface area contributed by atoms with E-state index < -0.39 is 0 Å². The molecule has 0 spiro atoms. The predicted octanol–water partition coefficient (Wildman–Crippen LogP) is 5.06. The smallest absolute Gasteiger partial charge is 0.166 e. The maximum atomic E-state index is 12.0. The van der Waals surface area contributed by atoms with Crippen molar-refractivity contribution in [2.45, 2.75) is 51.5 Å². The zero-order valence-corrected chi connectivity index (χ0v) is 16.3. The van der Waals surface area contributed by atoms with Crippen LogP contribution in [-0.2, 0) is 0 Å². The van der Waals surface area contributed by atoms with Crippen LogP contribution >= 0.6 is 0 Å². The number of likely N-dealkylation sites (tertiary alicyclic amines) is 1. The van der Waals surface area contributed by atoms with E-state index in [2.05, 4.69) is 16.0 Å². The van der Waals surface area contributed by atoms with Gasteiger partial charge in [-0.1, -0.05) is 31.5 Å². The third-order valence-electron chi connectivity index (χ3n) is 5.29. The zero-order chi connectivity index (χ0) is 18.9. The van der Waals surface area contributed by atoms with Crippen molar-refractivity contribution in [3.05, 3.63) is 59.9 Å². The molecule has 1 saturated heterocycles. The van der Waals surface area contributed by atoms with Gasteiger partial charge in [0.1, 0.15) is 5.75 Å². The summed E-state index contributed by atoms with van der Waals surface area (Å²) in [6.07, 6.45) is 10.2. The van der Waals surface area contributed by atoms with Crippen molar-refractivity contribution < 1.29 is 9.53 Å². The molecule has 4 heteroatoms. The molecule has 2 aromatic rings. The van der Waals surface area contributed by atoms with Crippen LogP contribution in [0.3, 0.4) is 0 Å². The van der Waals surface area contributed by atoms with Gasteiger partial charge in [-0.15, -0.1) is 0 Å². The number of carbonyl (C=O) groups is 1. The molecule has 3 rings (SSSR count). The number of ketones is 1. The average Bonchev–Trinajstić information content (AvgIpc) is 2.74. The molecular formula is C23H30N2O2. The highest BCUT2D eigenvalue weighted by Crippen LogP contribution is 2.30. The SMILES string of the molecule is CCC(=O)c1ccccc1OCCCCN1CCCC[C@H]1c1cccnc1. The fourth-order valence-corrected chi connectivity index (χ4v) is 3.82. The van der Waals surface area contributed by atoms with E-state index in [0.717, 1.165) is 31.7 Å². The van der Waals surface area contributed by atoms with Gasteiger partial charge >= 0.3 is 0 Å². The number of nitrogens with zero attached hydrogens (tertiary/aromatic N) is 2. The molecule has 0 aliphatic carbocycles. The number of pyridine rings is 1. The number of benzene rings is 1. The van der Waals surface area contributed by atoms with Gasteiger partial charge < -0.3 is 4.74 Å². The number of ether oxygens (including phenoxy) is 1. The summed E-state index contributed by atoms with van der Waals surface area (Å²) < 4.78 is 5.91. The first-order chi connectivity index (χ1) is 13.3. The van der Waals surface area contributed by atoms with E-state index in [1.165, 1.54) is 24.8 Å². The van der Waals surface area contributed by atoms with E-state index in [1.54, 1.807) is 0 Å². The molecule has 1 aromatic heterocycles. The summed E-state index contributed by atoms with van der Waals surface area (Å²) in [7, 11) is 0. The van der Waals surface area contributed by atoms with Crippen molar-refractivity contribution in [2.24, 2.45) is 0 Å². The molecule has 1 fully saturated rings. The minimum absolute atomic E-state index is 0.137. The fraction of sp³-hybridized carbons (Fsp3) is 0.478. The molecule has 1 aromatic carbocycles. The normalized spacial score (nSPS) is 17.6. The minimum atomic E-state index is 0.137. The number of carbonyl (C=O) groups excluding carboxylic acids is 1. The van der Waals surface area contributed by atoms with Crippen molar-refractivity contribution in [2.75, 3.05) is 19.7 Å². The van der Waals surface area contributed by atoms with Gasteiger partial charge in [-0.3, -0.25) is 14.7 Å². The van der Waals surface area contributed by atoms with E-state index >= 15 is 0 Å². The predicted molar refractivity (Wildman–Crippen MR) is 108 cm³/mol. The van der Waals surface area contributed by atoms with Crippen LogP contribution in [0.25, 0.3) is 0 Å². The number of para-hydroxylation sites is 1. The average molecular weight is 367 g/mol. The Labute approximate surface area is 162 Å². The standard InChI is InChI=1S/C23H30N2O2/c1-2-22(26)20-11-3-4-13-23(20)27-17-8-7-16-25-15-6-5-12-21(25)19-10-9-14-24-18-19/h3-4,9-11,13-14,18,21H,2,5-8,12,15-17H2,1H3/t21-/m0/s1. The molecule has 0 radical (unpaired) electrons. The molecule has 2 heterocycles. The van der Waals surface area contributed by atoms with Crippen LogP contribution in [0.5, 0.6) is 5.75 Å². The summed E-state index contributed by atoms with van der Waals surface area (Å²) in [6.45, 7) is 4.78. The number of piperidine rings is 1. The summed E-state index contributed by atoms with van der Waals surface area (Å²) in [6, 6.07) is 12.3. The Bertz CT molecular complexity index is 717. The Balaban J connectivity index is 1.47. The molecule has 0 bridgehead atoms. The first-order valence-corrected chi connectivity index (χ1v) is 10.2. The molecule has 144 valence electrons. The van der Waals surface area contributed by atoms with Crippen molar-refractivity contribution in [3.63, 3.8) is 0 Å². The van der Waals surface area contributed by atoms with Crippen molar-refractivity contribution in [1.82, 2.24) is 9.88 Å². The van der Waals surface area contributed by atoms with Crippen LogP contribution in [0, 0.1) is 0 Å². The Morgan fingerprint density at radius 3 is 2.89 bits per heavy atom. The van der Waals surface area contributed by atoms with Crippen LogP contribution in [0.15, 0.2) is 48.8 Å². The van der Waals surface area contributed by atoms with Gasteiger partial charge in [-0.05, 0) is 62.5 Å². The minimum Gasteiger partial charge on any atom is -0.493 e. The summed E-state index contributed by atoms with van der Waals surface area (Å²) in [5, 5.41) is 0. The second-order valence-corrected chi connectivity index (χ2v) is 7.16. The van der Waals surface area contributed by atoms with Crippen molar-refractivity contribution in [1.29, 1.82) is 0 Å². The van der Waals surface area contributed by atoms with E-state index in [1.807, 2.05) is 49.6 Å². The van der Waals surface area contributed by atoms with Gasteiger partial charge in [0.05, 0.1) is 12.2 Å². The van der Waals surface area contributed by atoms with Crippen LogP contribution < -0.4 is 4.74 Å². The number of unbranched alkanes of at least 4 members (excludes halogenated alkanes) is 1. The molecule has 1 aliphatic heterocycles. The maximum Gasteiger partial charge on any atom is 0.166 e. The summed E-state index contributed by atoms with van der Waals surface area (Å²) in [5.74, 6) is 0.855. The van der Waals surface area contributed by atoms with Crippen LogP contribution in [0.1, 0.15) is 67.4 Å². The zero-order valence-electron chi connectivity index (χ0n) is 16.3. The second kappa shape index (κ2) is 10.2. The van der Waals surface area contributed by atoms with Crippen LogP contribution in [-0.4, -0.2) is 35.4 Å². The quantitative estimate of drug-likeness (QED) is 0.459. The van der Waals surface area contributed by atoms with Crippen LogP contribution in [0.4, 0.5) is 0 Å². The monoisotopic (exact) mass is 366 g/mol. The number of Topliss-reactive ketones (excluding diaryl/α,β-unsaturated/α-hetero) is 1. The molecule has 1 atom stereocenters. The number of hydrogen-bond acceptors (Lipinski definition) is 4. The summed E-state index contributed by atoms with van der Waals surface area (Å²) in [4.78, 5) is 18.9.